The number of rotatable bonds is 2. The molecule has 0 heterocycles. The quantitative estimate of drug-likeness (QED) is 0.211. The van der Waals surface area contributed by atoms with E-state index in [1.54, 1.807) is 0 Å². The minimum atomic E-state index is 0.338. The average Bonchev–Trinajstić information content (AvgIpc) is 3.52. The van der Waals surface area contributed by atoms with Crippen LogP contribution in [0.25, 0.3) is 66.1 Å². The van der Waals surface area contributed by atoms with Crippen LogP contribution in [0.15, 0.2) is 140 Å². The van der Waals surface area contributed by atoms with E-state index in [9.17, 15) is 0 Å². The van der Waals surface area contributed by atoms with Gasteiger partial charge >= 0.3 is 0 Å². The van der Waals surface area contributed by atoms with Gasteiger partial charge in [-0.25, -0.2) is 0 Å². The van der Waals surface area contributed by atoms with Crippen molar-refractivity contribution in [2.75, 3.05) is 0 Å². The van der Waals surface area contributed by atoms with Crippen LogP contribution in [0.1, 0.15) is 22.6 Å². The Kier molecular flexibility index (Phi) is 4.20. The molecule has 0 spiro atoms. The highest BCUT2D eigenvalue weighted by Gasteiger charge is 2.39. The summed E-state index contributed by atoms with van der Waals surface area (Å²) in [6.07, 6.45) is 0. The summed E-state index contributed by atoms with van der Waals surface area (Å²) in [5, 5.41) is 5.20. The molecule has 2 aliphatic carbocycles. The van der Waals surface area contributed by atoms with Crippen LogP contribution in [0.3, 0.4) is 0 Å². The first-order chi connectivity index (χ1) is 19.4. The van der Waals surface area contributed by atoms with E-state index in [0.717, 1.165) is 0 Å². The Morgan fingerprint density at radius 2 is 0.744 bits per heavy atom. The molecule has 0 fully saturated rings. The zero-order chi connectivity index (χ0) is 25.5. The summed E-state index contributed by atoms with van der Waals surface area (Å²) >= 11 is 0. The van der Waals surface area contributed by atoms with Gasteiger partial charge in [0.2, 0.25) is 0 Å². The van der Waals surface area contributed by atoms with Crippen molar-refractivity contribution in [3.05, 3.63) is 156 Å². The van der Waals surface area contributed by atoms with Crippen LogP contribution in [-0.2, 0) is 0 Å². The molecule has 0 aromatic heterocycles. The molecule has 39 heavy (non-hydrogen) atoms. The maximum atomic E-state index is 2.47. The number of benzene rings is 7. The lowest BCUT2D eigenvalue weighted by molar-refractivity contribution is 1.05. The van der Waals surface area contributed by atoms with E-state index < -0.39 is 0 Å². The lowest BCUT2D eigenvalue weighted by Crippen LogP contribution is -1.93. The van der Waals surface area contributed by atoms with Gasteiger partial charge < -0.3 is 0 Å². The molecule has 0 bridgehead atoms. The summed E-state index contributed by atoms with van der Waals surface area (Å²) in [6.45, 7) is 0. The largest absolute Gasteiger partial charge is 0.0622 e. The molecule has 0 radical (unpaired) electrons. The molecule has 0 nitrogen and oxygen atoms in total. The van der Waals surface area contributed by atoms with Gasteiger partial charge in [-0.2, -0.15) is 0 Å². The molecule has 180 valence electrons. The first-order valence-electron chi connectivity index (χ1n) is 13.7. The molecule has 0 N–H and O–H groups in total. The van der Waals surface area contributed by atoms with Crippen molar-refractivity contribution >= 4 is 21.5 Å². The summed E-state index contributed by atoms with van der Waals surface area (Å²) in [5.41, 5.74) is 15.1. The SMILES string of the molecule is c1ccc(-c2c3ccccc3c(-c3cc4c5c(c3)-c3ccccc3C5c3ccccc3-4)c3ccccc23)cc1. The molecule has 9 rings (SSSR count). The predicted octanol–water partition coefficient (Wildman–Crippen LogP) is 10.5. The third kappa shape index (κ3) is 2.78. The maximum Gasteiger partial charge on any atom is 0.0364 e. The predicted molar refractivity (Wildman–Crippen MR) is 164 cm³/mol. The van der Waals surface area contributed by atoms with E-state index in [-0.39, 0.29) is 0 Å². The molecule has 0 saturated carbocycles. The molecule has 7 aromatic rings. The Morgan fingerprint density at radius 3 is 1.26 bits per heavy atom. The van der Waals surface area contributed by atoms with Gasteiger partial charge in [0.15, 0.2) is 0 Å². The van der Waals surface area contributed by atoms with Gasteiger partial charge in [-0.1, -0.05) is 127 Å². The Bertz CT molecular complexity index is 1990. The first kappa shape index (κ1) is 21.0. The van der Waals surface area contributed by atoms with Crippen molar-refractivity contribution in [2.45, 2.75) is 5.92 Å². The summed E-state index contributed by atoms with van der Waals surface area (Å²) < 4.78 is 0. The Balaban J connectivity index is 1.43. The molecule has 0 atom stereocenters. The number of hydrogen-bond donors (Lipinski definition) is 0. The van der Waals surface area contributed by atoms with E-state index >= 15 is 0 Å². The standard InChI is InChI=1S/C39H24/c1-2-12-24(13-3-1)36-30-18-8-10-20-32(30)37(33-21-11-9-19-31(33)36)25-22-34-26-14-4-6-16-28(26)38-29-17-7-5-15-27(29)35(23-25)39(34)38/h1-23,38H. The third-order valence-corrected chi connectivity index (χ3v) is 8.88. The van der Waals surface area contributed by atoms with Crippen molar-refractivity contribution in [3.8, 4) is 44.5 Å². The maximum absolute atomic E-state index is 2.47. The summed E-state index contributed by atoms with van der Waals surface area (Å²) in [4.78, 5) is 0. The van der Waals surface area contributed by atoms with Gasteiger partial charge in [-0.05, 0) is 94.9 Å². The zero-order valence-electron chi connectivity index (χ0n) is 21.4. The van der Waals surface area contributed by atoms with Crippen molar-refractivity contribution in [1.29, 1.82) is 0 Å². The van der Waals surface area contributed by atoms with Gasteiger partial charge in [0.25, 0.3) is 0 Å². The molecular weight excluding hydrogens is 468 g/mol. The second kappa shape index (κ2) is 7.79. The van der Waals surface area contributed by atoms with Crippen LogP contribution in [0.2, 0.25) is 0 Å². The summed E-state index contributed by atoms with van der Waals surface area (Å²) in [6, 6.07) is 51.7. The fraction of sp³-hybridized carbons (Fsp3) is 0.0256. The third-order valence-electron chi connectivity index (χ3n) is 8.88. The smallest absolute Gasteiger partial charge is 0.0364 e. The van der Waals surface area contributed by atoms with E-state index in [2.05, 4.69) is 140 Å². The van der Waals surface area contributed by atoms with Crippen molar-refractivity contribution in [2.24, 2.45) is 0 Å². The molecule has 7 aromatic carbocycles. The second-order valence-electron chi connectivity index (χ2n) is 10.8. The number of fused-ring (bicyclic) bond motifs is 8. The van der Waals surface area contributed by atoms with Gasteiger partial charge in [-0.15, -0.1) is 0 Å². The Labute approximate surface area is 227 Å². The molecule has 0 heteroatoms. The molecular formula is C39H24. The van der Waals surface area contributed by atoms with Gasteiger partial charge in [-0.3, -0.25) is 0 Å². The minimum Gasteiger partial charge on any atom is -0.0622 e. The van der Waals surface area contributed by atoms with Crippen molar-refractivity contribution in [1.82, 2.24) is 0 Å². The van der Waals surface area contributed by atoms with Crippen LogP contribution >= 0.6 is 0 Å². The van der Waals surface area contributed by atoms with Crippen LogP contribution in [0.5, 0.6) is 0 Å². The first-order valence-corrected chi connectivity index (χ1v) is 13.7. The fourth-order valence-corrected chi connectivity index (χ4v) is 7.38. The fourth-order valence-electron chi connectivity index (χ4n) is 7.38. The molecule has 0 aliphatic heterocycles. The van der Waals surface area contributed by atoms with Crippen LogP contribution in [0, 0.1) is 0 Å². The highest BCUT2D eigenvalue weighted by molar-refractivity contribution is 6.21. The molecule has 2 aliphatic rings. The van der Waals surface area contributed by atoms with E-state index in [0.29, 0.717) is 5.92 Å². The average molecular weight is 493 g/mol. The highest BCUT2D eigenvalue weighted by atomic mass is 14.4. The van der Waals surface area contributed by atoms with Crippen molar-refractivity contribution in [3.63, 3.8) is 0 Å². The second-order valence-corrected chi connectivity index (χ2v) is 10.8. The normalized spacial score (nSPS) is 13.0. The highest BCUT2D eigenvalue weighted by Crippen LogP contribution is 2.59. The molecule has 0 amide bonds. The van der Waals surface area contributed by atoms with Crippen LogP contribution < -0.4 is 0 Å². The number of hydrogen-bond acceptors (Lipinski definition) is 0. The zero-order valence-corrected chi connectivity index (χ0v) is 21.4. The minimum absolute atomic E-state index is 0.338. The topological polar surface area (TPSA) is 0 Å². The Morgan fingerprint density at radius 1 is 0.333 bits per heavy atom. The molecule has 0 saturated heterocycles. The van der Waals surface area contributed by atoms with Crippen LogP contribution in [0.4, 0.5) is 0 Å². The lowest BCUT2D eigenvalue weighted by atomic mass is 9.84. The van der Waals surface area contributed by atoms with Gasteiger partial charge in [0.05, 0.1) is 0 Å². The summed E-state index contributed by atoms with van der Waals surface area (Å²) in [5.74, 6) is 0.338. The van der Waals surface area contributed by atoms with E-state index in [4.69, 9.17) is 0 Å². The van der Waals surface area contributed by atoms with Gasteiger partial charge in [0, 0.05) is 5.92 Å². The van der Waals surface area contributed by atoms with E-state index in [1.165, 1.54) is 82.7 Å². The molecule has 0 unspecified atom stereocenters. The Hall–Kier alpha value is -4.94. The van der Waals surface area contributed by atoms with Crippen molar-refractivity contribution < 1.29 is 0 Å². The van der Waals surface area contributed by atoms with Gasteiger partial charge in [0.1, 0.15) is 0 Å². The van der Waals surface area contributed by atoms with E-state index in [1.807, 2.05) is 0 Å². The van der Waals surface area contributed by atoms with Crippen LogP contribution in [-0.4, -0.2) is 0 Å². The lowest BCUT2D eigenvalue weighted by Gasteiger charge is -2.19. The monoisotopic (exact) mass is 492 g/mol. The summed E-state index contributed by atoms with van der Waals surface area (Å²) in [7, 11) is 0.